The Morgan fingerprint density at radius 3 is 2.47 bits per heavy atom. The van der Waals surface area contributed by atoms with Crippen molar-refractivity contribution < 1.29 is 22.4 Å². The van der Waals surface area contributed by atoms with E-state index in [2.05, 4.69) is 27.0 Å². The highest BCUT2D eigenvalue weighted by Gasteiger charge is 2.36. The van der Waals surface area contributed by atoms with Gasteiger partial charge in [-0.2, -0.15) is 18.3 Å². The maximum Gasteiger partial charge on any atom is 0.423 e. The van der Waals surface area contributed by atoms with Crippen LogP contribution in [0.1, 0.15) is 42.1 Å². The summed E-state index contributed by atoms with van der Waals surface area (Å²) in [5.41, 5.74) is 7.73. The smallest absolute Gasteiger partial charge is 0.397 e. The van der Waals surface area contributed by atoms with Crippen LogP contribution in [0.5, 0.6) is 0 Å². The minimum atomic E-state index is -4.74. The number of aldehydes is 1. The number of halogens is 5. The van der Waals surface area contributed by atoms with Gasteiger partial charge in [-0.15, -0.1) is 0 Å². The molecule has 0 saturated carbocycles. The number of nitrogens with two attached hydrogens (primary N) is 2. The van der Waals surface area contributed by atoms with Crippen LogP contribution in [0.15, 0.2) is 34.3 Å². The molecular formula is C23H25ClF4N8O2. The summed E-state index contributed by atoms with van der Waals surface area (Å²) >= 11 is 5.80. The monoisotopic (exact) mass is 556 g/mol. The fourth-order valence-corrected chi connectivity index (χ4v) is 3.09. The Labute approximate surface area is 219 Å². The molecule has 0 atom stereocenters. The van der Waals surface area contributed by atoms with E-state index >= 15 is 0 Å². The lowest BCUT2D eigenvalue weighted by Gasteiger charge is -2.13. The van der Waals surface area contributed by atoms with E-state index in [0.717, 1.165) is 38.1 Å². The summed E-state index contributed by atoms with van der Waals surface area (Å²) in [6.45, 7) is 2.98. The lowest BCUT2D eigenvalue weighted by molar-refractivity contribution is -0.138. The summed E-state index contributed by atoms with van der Waals surface area (Å²) in [5, 5.41) is 4.92. The molecule has 0 unspecified atom stereocenters. The minimum absolute atomic E-state index is 0.0521. The molecule has 0 saturated heterocycles. The fourth-order valence-electron chi connectivity index (χ4n) is 3.00. The van der Waals surface area contributed by atoms with Gasteiger partial charge >= 0.3 is 6.18 Å². The molecule has 3 rings (SSSR count). The predicted octanol–water partition coefficient (Wildman–Crippen LogP) is 4.48. The molecule has 0 radical (unpaired) electrons. The van der Waals surface area contributed by atoms with Crippen molar-refractivity contribution in [3.63, 3.8) is 0 Å². The molecule has 0 amide bonds. The summed E-state index contributed by atoms with van der Waals surface area (Å²) in [5.74, 6) is -0.505. The third-order valence-corrected chi connectivity index (χ3v) is 5.22. The van der Waals surface area contributed by atoms with Crippen molar-refractivity contribution in [3.8, 4) is 11.4 Å². The van der Waals surface area contributed by atoms with Gasteiger partial charge in [0.15, 0.2) is 12.1 Å². The van der Waals surface area contributed by atoms with Crippen molar-refractivity contribution in [3.05, 3.63) is 56.8 Å². The lowest BCUT2D eigenvalue weighted by atomic mass is 10.1. The summed E-state index contributed by atoms with van der Waals surface area (Å²) in [7, 11) is 1.90. The van der Waals surface area contributed by atoms with Gasteiger partial charge in [0.2, 0.25) is 0 Å². The number of carbonyl (C=O) groups excluding carboxylic acids is 1. The number of benzene rings is 1. The van der Waals surface area contributed by atoms with Crippen LogP contribution in [-0.2, 0) is 6.18 Å². The highest BCUT2D eigenvalue weighted by molar-refractivity contribution is 6.32. The molecule has 2 heterocycles. The molecular weight excluding hydrogens is 532 g/mol. The quantitative estimate of drug-likeness (QED) is 0.120. The Balaban J connectivity index is 0.000000352. The molecule has 0 aliphatic rings. The highest BCUT2D eigenvalue weighted by atomic mass is 35.5. The first-order valence-corrected chi connectivity index (χ1v) is 11.5. The van der Waals surface area contributed by atoms with Gasteiger partial charge in [-0.25, -0.2) is 24.4 Å². The Morgan fingerprint density at radius 2 is 1.92 bits per heavy atom. The molecule has 0 aliphatic heterocycles. The van der Waals surface area contributed by atoms with Gasteiger partial charge < -0.3 is 16.4 Å². The van der Waals surface area contributed by atoms with Gasteiger partial charge in [-0.3, -0.25) is 9.59 Å². The minimum Gasteiger partial charge on any atom is -0.397 e. The van der Waals surface area contributed by atoms with E-state index in [9.17, 15) is 27.2 Å². The zero-order chi connectivity index (χ0) is 28.5. The molecule has 1 aromatic carbocycles. The van der Waals surface area contributed by atoms with Crippen molar-refractivity contribution in [2.24, 2.45) is 4.99 Å². The number of hydrogen-bond donors (Lipinski definition) is 3. The molecule has 5 N–H and O–H groups in total. The first kappa shape index (κ1) is 30.2. The number of nitrogens with zero attached hydrogens (tertiary/aromatic N) is 5. The van der Waals surface area contributed by atoms with E-state index in [1.54, 1.807) is 11.4 Å². The number of aliphatic imine (C=N–C) groups is 1. The van der Waals surface area contributed by atoms with Crippen LogP contribution in [0, 0.1) is 5.82 Å². The van der Waals surface area contributed by atoms with Crippen LogP contribution in [-0.4, -0.2) is 51.3 Å². The maximum atomic E-state index is 14.4. The SMILES string of the molecule is CCCCCN(C)C=Nc1cc(-c2ncc(Cl)c(N)n2)c(F)cc1C=O.Nc1cn[nH]c(=O)c1C(F)(F)F. The standard InChI is InChI=1S/C18H21ClFN5O.C5H4F3N3O/c1-3-4-5-6-25(2)11-23-16-8-13(15(20)7-12(16)10-26)18-22-9-14(19)17(21)24-18;6-5(7,8)3-2(9)1-10-11-4(3)12/h7-11H,3-6H2,1-2H3,(H2,21,22,24);1H,(H3,9,11,12). The number of nitrogen functional groups attached to an aromatic ring is 2. The maximum absolute atomic E-state index is 14.4. The molecule has 38 heavy (non-hydrogen) atoms. The first-order valence-electron chi connectivity index (χ1n) is 11.1. The normalized spacial score (nSPS) is 11.2. The van der Waals surface area contributed by atoms with E-state index in [-0.39, 0.29) is 27.8 Å². The number of unbranched alkanes of at least 4 members (excludes halogenated alkanes) is 2. The number of H-pyrrole nitrogens is 1. The number of nitrogens with one attached hydrogen (secondary N) is 1. The number of anilines is 2. The van der Waals surface area contributed by atoms with Crippen LogP contribution in [0.2, 0.25) is 5.02 Å². The van der Waals surface area contributed by atoms with E-state index in [4.69, 9.17) is 23.1 Å². The second-order valence-electron chi connectivity index (χ2n) is 7.90. The van der Waals surface area contributed by atoms with E-state index in [1.807, 2.05) is 11.9 Å². The van der Waals surface area contributed by atoms with Crippen molar-refractivity contribution >= 4 is 41.4 Å². The topological polar surface area (TPSA) is 156 Å². The van der Waals surface area contributed by atoms with Crippen LogP contribution in [0.3, 0.4) is 0 Å². The van der Waals surface area contributed by atoms with Crippen molar-refractivity contribution in [2.45, 2.75) is 32.4 Å². The van der Waals surface area contributed by atoms with Gasteiger partial charge in [0.05, 0.1) is 35.7 Å². The number of aromatic nitrogens is 4. The molecule has 15 heteroatoms. The molecule has 0 aliphatic carbocycles. The van der Waals surface area contributed by atoms with Gasteiger partial charge in [-0.05, 0) is 18.6 Å². The first-order chi connectivity index (χ1) is 17.9. The van der Waals surface area contributed by atoms with Crippen molar-refractivity contribution in [1.82, 2.24) is 25.1 Å². The highest BCUT2D eigenvalue weighted by Crippen LogP contribution is 2.30. The number of carbonyl (C=O) groups is 1. The average Bonchev–Trinajstić information content (AvgIpc) is 2.84. The zero-order valence-electron chi connectivity index (χ0n) is 20.4. The Kier molecular flexibility index (Phi) is 10.7. The third-order valence-electron chi connectivity index (χ3n) is 4.93. The summed E-state index contributed by atoms with van der Waals surface area (Å²) < 4.78 is 50.3. The number of rotatable bonds is 8. The zero-order valence-corrected chi connectivity index (χ0v) is 21.1. The molecule has 204 valence electrons. The Bertz CT molecular complexity index is 1350. The van der Waals surface area contributed by atoms with Crippen LogP contribution >= 0.6 is 11.6 Å². The molecule has 2 aromatic heterocycles. The Hall–Kier alpha value is -4.07. The van der Waals surface area contributed by atoms with Crippen LogP contribution < -0.4 is 17.0 Å². The third kappa shape index (κ3) is 8.23. The average molecular weight is 557 g/mol. The summed E-state index contributed by atoms with van der Waals surface area (Å²) in [6, 6.07) is 2.54. The van der Waals surface area contributed by atoms with Gasteiger partial charge in [0.25, 0.3) is 5.56 Å². The number of aromatic amines is 1. The number of alkyl halides is 3. The molecule has 10 nitrogen and oxygen atoms in total. The Morgan fingerprint density at radius 1 is 1.21 bits per heavy atom. The van der Waals surface area contributed by atoms with Crippen molar-refractivity contribution in [2.75, 3.05) is 25.1 Å². The molecule has 0 bridgehead atoms. The van der Waals surface area contributed by atoms with Crippen molar-refractivity contribution in [1.29, 1.82) is 0 Å². The van der Waals surface area contributed by atoms with E-state index < -0.39 is 28.8 Å². The number of hydrogen-bond acceptors (Lipinski definition) is 8. The van der Waals surface area contributed by atoms with Gasteiger partial charge in [-0.1, -0.05) is 31.4 Å². The van der Waals surface area contributed by atoms with Gasteiger partial charge in [0, 0.05) is 19.2 Å². The van der Waals surface area contributed by atoms with E-state index in [1.165, 1.54) is 12.3 Å². The summed E-state index contributed by atoms with van der Waals surface area (Å²) in [6.07, 6.45) is 2.80. The second-order valence-corrected chi connectivity index (χ2v) is 8.30. The van der Waals surface area contributed by atoms with Crippen LogP contribution in [0.4, 0.5) is 34.8 Å². The van der Waals surface area contributed by atoms with E-state index in [0.29, 0.717) is 12.0 Å². The van der Waals surface area contributed by atoms with Crippen LogP contribution in [0.25, 0.3) is 11.4 Å². The molecule has 0 spiro atoms. The molecule has 0 fully saturated rings. The predicted molar refractivity (Wildman–Crippen MR) is 137 cm³/mol. The summed E-state index contributed by atoms with van der Waals surface area (Å²) in [4.78, 5) is 36.0. The molecule has 3 aromatic rings. The lowest BCUT2D eigenvalue weighted by Crippen LogP contribution is -2.24. The second kappa shape index (κ2) is 13.5. The van der Waals surface area contributed by atoms with Gasteiger partial charge in [0.1, 0.15) is 22.2 Å². The largest absolute Gasteiger partial charge is 0.423 e. The fraction of sp³-hybridized carbons (Fsp3) is 0.304.